The van der Waals surface area contributed by atoms with Gasteiger partial charge in [-0.3, -0.25) is 0 Å². The van der Waals surface area contributed by atoms with Crippen molar-refractivity contribution in [3.8, 4) is 11.6 Å². The van der Waals surface area contributed by atoms with Crippen molar-refractivity contribution in [2.75, 3.05) is 6.61 Å². The van der Waals surface area contributed by atoms with Gasteiger partial charge in [-0.2, -0.15) is 4.98 Å². The van der Waals surface area contributed by atoms with Crippen LogP contribution in [0.1, 0.15) is 6.92 Å². The highest BCUT2D eigenvalue weighted by molar-refractivity contribution is 6.34. The number of benzene rings is 1. The topological polar surface area (TPSA) is 43.6 Å². The van der Waals surface area contributed by atoms with E-state index in [2.05, 4.69) is 4.98 Å². The van der Waals surface area contributed by atoms with E-state index >= 15 is 0 Å². The van der Waals surface area contributed by atoms with Crippen LogP contribution >= 0.6 is 11.6 Å². The molecule has 2 rings (SSSR count). The summed E-state index contributed by atoms with van der Waals surface area (Å²) in [6.07, 6.45) is 0. The Morgan fingerprint density at radius 3 is 3.00 bits per heavy atom. The smallest absolute Gasteiger partial charge is 0.370 e. The highest BCUT2D eigenvalue weighted by atomic mass is 35.5. The summed E-state index contributed by atoms with van der Waals surface area (Å²) in [5.74, 6) is 0.672. The number of aromatic nitrogens is 1. The molecule has 2 aromatic rings. The van der Waals surface area contributed by atoms with Gasteiger partial charge in [-0.1, -0.05) is 17.7 Å². The molecule has 2 N–H and O–H groups in total. The molecule has 0 saturated heterocycles. The average Bonchev–Trinajstić information content (AvgIpc) is 2.20. The van der Waals surface area contributed by atoms with Crippen LogP contribution in [0, 0.1) is 0 Å². The fraction of sp³-hybridized carbons (Fsp3) is 0.182. The molecule has 0 aliphatic rings. The normalized spacial score (nSPS) is 10.5. The lowest BCUT2D eigenvalue weighted by atomic mass is 10.2. The Morgan fingerprint density at radius 1 is 1.47 bits per heavy atom. The lowest BCUT2D eigenvalue weighted by Gasteiger charge is -2.01. The first-order chi connectivity index (χ1) is 7.22. The van der Waals surface area contributed by atoms with Gasteiger partial charge in [0.05, 0.1) is 18.1 Å². The van der Waals surface area contributed by atoms with Gasteiger partial charge < -0.3 is 9.84 Å². The van der Waals surface area contributed by atoms with Crippen LogP contribution in [-0.2, 0) is 0 Å². The van der Waals surface area contributed by atoms with E-state index in [1.165, 1.54) is 0 Å². The van der Waals surface area contributed by atoms with Crippen LogP contribution in [0.5, 0.6) is 11.6 Å². The van der Waals surface area contributed by atoms with Gasteiger partial charge in [0.2, 0.25) is 5.52 Å². The largest absolute Gasteiger partial charge is 0.507 e. The predicted octanol–water partition coefficient (Wildman–Crippen LogP) is 2.41. The van der Waals surface area contributed by atoms with Gasteiger partial charge in [-0.15, -0.1) is 0 Å². The van der Waals surface area contributed by atoms with Crippen molar-refractivity contribution < 1.29 is 14.8 Å². The van der Waals surface area contributed by atoms with Crippen molar-refractivity contribution in [3.05, 3.63) is 29.3 Å². The van der Waals surface area contributed by atoms with Gasteiger partial charge in [0.25, 0.3) is 0 Å². The van der Waals surface area contributed by atoms with E-state index in [1.807, 2.05) is 6.92 Å². The molecular formula is C11H11ClNO2+. The van der Waals surface area contributed by atoms with Crippen LogP contribution in [0.15, 0.2) is 24.3 Å². The number of aromatic hydroxyl groups is 1. The lowest BCUT2D eigenvalue weighted by molar-refractivity contribution is -0.363. The van der Waals surface area contributed by atoms with Gasteiger partial charge in [0.15, 0.2) is 0 Å². The molecule has 0 aliphatic carbocycles. The van der Waals surface area contributed by atoms with Crippen LogP contribution in [0.3, 0.4) is 0 Å². The Labute approximate surface area is 92.3 Å². The minimum atomic E-state index is 0.162. The van der Waals surface area contributed by atoms with Crippen molar-refractivity contribution in [2.24, 2.45) is 0 Å². The molecule has 0 fully saturated rings. The number of aromatic amines is 1. The van der Waals surface area contributed by atoms with Gasteiger partial charge in [0.1, 0.15) is 10.8 Å². The minimum absolute atomic E-state index is 0.162. The number of hydrogen-bond donors (Lipinski definition) is 1. The quantitative estimate of drug-likeness (QED) is 0.852. The number of rotatable bonds is 2. The zero-order chi connectivity index (χ0) is 10.8. The molecule has 4 heteroatoms. The maximum Gasteiger partial charge on any atom is 0.370 e. The Hall–Kier alpha value is -1.48. The molecule has 0 saturated carbocycles. The molecule has 0 spiro atoms. The maximum atomic E-state index is 9.74. The third kappa shape index (κ3) is 1.83. The second kappa shape index (κ2) is 3.95. The summed E-state index contributed by atoms with van der Waals surface area (Å²) >= 11 is 6.00. The summed E-state index contributed by atoms with van der Waals surface area (Å²) < 4.78 is 5.28. The number of para-hydroxylation sites is 1. The highest BCUT2D eigenvalue weighted by Crippen LogP contribution is 2.28. The number of fused-ring (bicyclic) bond motifs is 1. The van der Waals surface area contributed by atoms with E-state index in [1.54, 1.807) is 24.3 Å². The van der Waals surface area contributed by atoms with E-state index in [0.29, 0.717) is 28.4 Å². The first-order valence-corrected chi connectivity index (χ1v) is 5.06. The minimum Gasteiger partial charge on any atom is -0.507 e. The van der Waals surface area contributed by atoms with Crippen LogP contribution in [-0.4, -0.2) is 11.7 Å². The summed E-state index contributed by atoms with van der Waals surface area (Å²) in [6.45, 7) is 2.41. The van der Waals surface area contributed by atoms with Gasteiger partial charge >= 0.3 is 5.88 Å². The van der Waals surface area contributed by atoms with Crippen LogP contribution < -0.4 is 9.72 Å². The van der Waals surface area contributed by atoms with E-state index in [0.717, 1.165) is 0 Å². The second-order valence-electron chi connectivity index (χ2n) is 3.11. The van der Waals surface area contributed by atoms with E-state index in [9.17, 15) is 5.11 Å². The number of pyridine rings is 1. The van der Waals surface area contributed by atoms with Crippen molar-refractivity contribution in [1.29, 1.82) is 0 Å². The fourth-order valence-corrected chi connectivity index (χ4v) is 1.68. The molecule has 0 aliphatic heterocycles. The third-order valence-corrected chi connectivity index (χ3v) is 2.42. The SMILES string of the molecule is CCOc1cc(O)c2cccc(Cl)c2[nH+]1. The molecule has 1 heterocycles. The van der Waals surface area contributed by atoms with Gasteiger partial charge in [0, 0.05) is 0 Å². The molecule has 0 unspecified atom stereocenters. The standard InChI is InChI=1S/C11H10ClNO2/c1-2-15-10-6-9(14)7-4-3-5-8(12)11(7)13-10/h3-6H,2H2,1H3,(H,13,14)/p+1. The lowest BCUT2D eigenvalue weighted by Crippen LogP contribution is -2.10. The Bertz CT molecular complexity index is 499. The van der Waals surface area contributed by atoms with E-state index in [4.69, 9.17) is 16.3 Å². The maximum absolute atomic E-state index is 9.74. The fourth-order valence-electron chi connectivity index (χ4n) is 1.46. The third-order valence-electron chi connectivity index (χ3n) is 2.11. The second-order valence-corrected chi connectivity index (χ2v) is 3.52. The molecule has 0 atom stereocenters. The Kier molecular flexibility index (Phi) is 2.64. The number of H-pyrrole nitrogens is 1. The molecule has 0 radical (unpaired) electrons. The van der Waals surface area contributed by atoms with E-state index in [-0.39, 0.29) is 5.75 Å². The van der Waals surface area contributed by atoms with Crippen LogP contribution in [0.2, 0.25) is 5.02 Å². The number of hydrogen-bond acceptors (Lipinski definition) is 2. The summed E-state index contributed by atoms with van der Waals surface area (Å²) in [5, 5.41) is 11.0. The molecule has 0 amide bonds. The summed E-state index contributed by atoms with van der Waals surface area (Å²) in [7, 11) is 0. The molecule has 0 bridgehead atoms. The molecule has 15 heavy (non-hydrogen) atoms. The van der Waals surface area contributed by atoms with Crippen LogP contribution in [0.25, 0.3) is 10.9 Å². The van der Waals surface area contributed by atoms with Crippen LogP contribution in [0.4, 0.5) is 0 Å². The molecule has 1 aromatic heterocycles. The zero-order valence-electron chi connectivity index (χ0n) is 8.25. The number of nitrogens with one attached hydrogen (secondary N) is 1. The zero-order valence-corrected chi connectivity index (χ0v) is 9.01. The first kappa shape index (κ1) is 10.1. The summed E-state index contributed by atoms with van der Waals surface area (Å²) in [5.41, 5.74) is 0.683. The monoisotopic (exact) mass is 224 g/mol. The molecular weight excluding hydrogens is 214 g/mol. The summed E-state index contributed by atoms with van der Waals surface area (Å²) in [4.78, 5) is 3.02. The van der Waals surface area contributed by atoms with Gasteiger partial charge in [-0.25, -0.2) is 0 Å². The summed E-state index contributed by atoms with van der Waals surface area (Å²) in [6, 6.07) is 6.89. The van der Waals surface area contributed by atoms with Crippen molar-refractivity contribution in [2.45, 2.75) is 6.92 Å². The number of ether oxygens (including phenoxy) is 1. The Balaban J connectivity index is 2.68. The number of halogens is 1. The Morgan fingerprint density at radius 2 is 2.27 bits per heavy atom. The molecule has 3 nitrogen and oxygen atoms in total. The predicted molar refractivity (Wildman–Crippen MR) is 58.3 cm³/mol. The molecule has 78 valence electrons. The van der Waals surface area contributed by atoms with Crippen molar-refractivity contribution >= 4 is 22.5 Å². The van der Waals surface area contributed by atoms with E-state index < -0.39 is 0 Å². The van der Waals surface area contributed by atoms with Gasteiger partial charge in [-0.05, 0) is 19.1 Å². The first-order valence-electron chi connectivity index (χ1n) is 4.68. The van der Waals surface area contributed by atoms with Crippen molar-refractivity contribution in [1.82, 2.24) is 0 Å². The average molecular weight is 225 g/mol. The highest BCUT2D eigenvalue weighted by Gasteiger charge is 2.14. The molecule has 1 aromatic carbocycles. The van der Waals surface area contributed by atoms with Crippen molar-refractivity contribution in [3.63, 3.8) is 0 Å².